The van der Waals surface area contributed by atoms with Crippen LogP contribution in [0.3, 0.4) is 0 Å². The molecule has 7 heteroatoms. The van der Waals surface area contributed by atoms with Gasteiger partial charge in [-0.2, -0.15) is 0 Å². The van der Waals surface area contributed by atoms with Crippen LogP contribution in [0.1, 0.15) is 22.7 Å². The molecule has 0 bridgehead atoms. The zero-order chi connectivity index (χ0) is 20.1. The van der Waals surface area contributed by atoms with Crippen molar-refractivity contribution < 1.29 is 4.79 Å². The molecule has 29 heavy (non-hydrogen) atoms. The molecule has 1 unspecified atom stereocenters. The molecule has 0 aliphatic rings. The molecule has 7 nitrogen and oxygen atoms in total. The molecule has 0 saturated heterocycles. The first-order chi connectivity index (χ1) is 14.2. The number of nitrogens with one attached hydrogen (secondary N) is 1. The van der Waals surface area contributed by atoms with Crippen molar-refractivity contribution in [2.75, 3.05) is 5.32 Å². The average Bonchev–Trinajstić information content (AvgIpc) is 2.76. The Morgan fingerprint density at radius 2 is 1.76 bits per heavy atom. The van der Waals surface area contributed by atoms with Gasteiger partial charge in [0.2, 0.25) is 5.91 Å². The summed E-state index contributed by atoms with van der Waals surface area (Å²) in [5, 5.41) is 2.90. The van der Waals surface area contributed by atoms with Gasteiger partial charge in [-0.25, -0.2) is 4.98 Å². The number of hydrogen-bond acceptors (Lipinski definition) is 6. The van der Waals surface area contributed by atoms with E-state index in [1.54, 1.807) is 49.4 Å². The van der Waals surface area contributed by atoms with Crippen LogP contribution >= 0.6 is 0 Å². The quantitative estimate of drug-likeness (QED) is 0.568. The second-order valence-corrected chi connectivity index (χ2v) is 6.46. The molecule has 4 rings (SSSR count). The third kappa shape index (κ3) is 4.30. The topological polar surface area (TPSA) is 93.6 Å². The van der Waals surface area contributed by atoms with Gasteiger partial charge in [-0.1, -0.05) is 6.07 Å². The maximum atomic E-state index is 13.2. The summed E-state index contributed by atoms with van der Waals surface area (Å²) in [4.78, 5) is 34.2. The molecule has 1 amide bonds. The predicted octanol–water partition coefficient (Wildman–Crippen LogP) is 3.41. The van der Waals surface area contributed by atoms with Crippen molar-refractivity contribution >= 4 is 11.7 Å². The van der Waals surface area contributed by atoms with Gasteiger partial charge < -0.3 is 5.32 Å². The number of pyridine rings is 3. The first kappa shape index (κ1) is 18.4. The average molecular weight is 382 g/mol. The summed E-state index contributed by atoms with van der Waals surface area (Å²) in [6, 6.07) is 11.0. The summed E-state index contributed by atoms with van der Waals surface area (Å²) >= 11 is 0. The van der Waals surface area contributed by atoms with Crippen LogP contribution in [0.15, 0.2) is 79.8 Å². The molecule has 1 N–H and O–H groups in total. The van der Waals surface area contributed by atoms with E-state index >= 15 is 0 Å². The number of rotatable bonds is 5. The van der Waals surface area contributed by atoms with E-state index in [-0.39, 0.29) is 5.91 Å². The highest BCUT2D eigenvalue weighted by Crippen LogP contribution is 2.26. The van der Waals surface area contributed by atoms with Crippen LogP contribution in [0.4, 0.5) is 5.82 Å². The van der Waals surface area contributed by atoms with E-state index in [1.807, 2.05) is 37.3 Å². The van der Waals surface area contributed by atoms with E-state index in [1.165, 1.54) is 0 Å². The van der Waals surface area contributed by atoms with E-state index in [2.05, 4.69) is 30.2 Å². The molecule has 0 radical (unpaired) electrons. The van der Waals surface area contributed by atoms with Crippen molar-refractivity contribution in [3.63, 3.8) is 0 Å². The van der Waals surface area contributed by atoms with Crippen LogP contribution in [0.25, 0.3) is 11.3 Å². The van der Waals surface area contributed by atoms with Crippen molar-refractivity contribution in [2.24, 2.45) is 0 Å². The zero-order valence-corrected chi connectivity index (χ0v) is 15.7. The lowest BCUT2D eigenvalue weighted by Crippen LogP contribution is -2.23. The van der Waals surface area contributed by atoms with E-state index < -0.39 is 5.92 Å². The summed E-state index contributed by atoms with van der Waals surface area (Å²) in [5.41, 5.74) is 4.03. The lowest BCUT2D eigenvalue weighted by Gasteiger charge is -2.17. The molecule has 0 fully saturated rings. The number of hydrogen-bond donors (Lipinski definition) is 1. The van der Waals surface area contributed by atoms with E-state index in [4.69, 9.17) is 0 Å². The predicted molar refractivity (Wildman–Crippen MR) is 109 cm³/mol. The Hall–Kier alpha value is -4.00. The van der Waals surface area contributed by atoms with Gasteiger partial charge in [0.1, 0.15) is 5.82 Å². The van der Waals surface area contributed by atoms with Gasteiger partial charge in [-0.05, 0) is 48.4 Å². The van der Waals surface area contributed by atoms with Gasteiger partial charge in [0, 0.05) is 48.4 Å². The van der Waals surface area contributed by atoms with Gasteiger partial charge in [0.15, 0.2) is 0 Å². The molecule has 0 spiro atoms. The fourth-order valence-electron chi connectivity index (χ4n) is 3.05. The summed E-state index contributed by atoms with van der Waals surface area (Å²) in [6.07, 6.45) is 11.7. The summed E-state index contributed by atoms with van der Waals surface area (Å²) in [6.45, 7) is 1.90. The fraction of sp³-hybridized carbons (Fsp3) is 0.0909. The largest absolute Gasteiger partial charge is 0.310 e. The van der Waals surface area contributed by atoms with Crippen LogP contribution in [-0.2, 0) is 4.79 Å². The molecule has 1 atom stereocenters. The number of aromatic nitrogens is 5. The highest BCUT2D eigenvalue weighted by molar-refractivity contribution is 5.97. The smallest absolute Gasteiger partial charge is 0.237 e. The minimum atomic E-state index is -0.521. The van der Waals surface area contributed by atoms with Crippen molar-refractivity contribution in [1.29, 1.82) is 0 Å². The highest BCUT2D eigenvalue weighted by Gasteiger charge is 2.24. The molecule has 4 aromatic rings. The SMILES string of the molecule is Cc1cc(C(C(=O)Nc2ccc(-c3cnccn3)cn2)c2cccnc2)ccn1. The minimum Gasteiger partial charge on any atom is -0.310 e. The van der Waals surface area contributed by atoms with Gasteiger partial charge >= 0.3 is 0 Å². The Morgan fingerprint density at radius 3 is 2.45 bits per heavy atom. The van der Waals surface area contributed by atoms with E-state index in [9.17, 15) is 4.79 Å². The standard InChI is InChI=1S/C22H18N6O/c1-15-11-16(6-8-25-15)21(18-3-2-7-23-12-18)22(29)28-20-5-4-17(13-27-20)19-14-24-9-10-26-19/h2-14,21H,1H3,(H,27,28,29). The van der Waals surface area contributed by atoms with Crippen molar-refractivity contribution in [3.05, 3.63) is 96.6 Å². The second-order valence-electron chi connectivity index (χ2n) is 6.46. The maximum absolute atomic E-state index is 13.2. The third-order valence-electron chi connectivity index (χ3n) is 4.41. The van der Waals surface area contributed by atoms with Crippen molar-refractivity contribution in [3.8, 4) is 11.3 Å². The van der Waals surface area contributed by atoms with E-state index in [0.717, 1.165) is 28.1 Å². The molecule has 4 aromatic heterocycles. The van der Waals surface area contributed by atoms with Gasteiger partial charge in [0.25, 0.3) is 0 Å². The second kappa shape index (κ2) is 8.35. The summed E-state index contributed by atoms with van der Waals surface area (Å²) in [5.74, 6) is -0.252. The number of aryl methyl sites for hydroxylation is 1. The molecule has 0 saturated carbocycles. The normalized spacial score (nSPS) is 11.6. The Kier molecular flexibility index (Phi) is 5.29. The number of carbonyl (C=O) groups excluding carboxylic acids is 1. The van der Waals surface area contributed by atoms with Crippen LogP contribution < -0.4 is 5.32 Å². The van der Waals surface area contributed by atoms with Crippen LogP contribution in [0, 0.1) is 6.92 Å². The Bertz CT molecular complexity index is 1100. The Balaban J connectivity index is 1.60. The van der Waals surface area contributed by atoms with Gasteiger partial charge in [-0.15, -0.1) is 0 Å². The minimum absolute atomic E-state index is 0.191. The number of anilines is 1. The molecule has 142 valence electrons. The first-order valence-electron chi connectivity index (χ1n) is 9.06. The first-order valence-corrected chi connectivity index (χ1v) is 9.06. The number of nitrogens with zero attached hydrogens (tertiary/aromatic N) is 5. The van der Waals surface area contributed by atoms with Crippen LogP contribution in [0.5, 0.6) is 0 Å². The van der Waals surface area contributed by atoms with Crippen LogP contribution in [0.2, 0.25) is 0 Å². The fourth-order valence-corrected chi connectivity index (χ4v) is 3.05. The maximum Gasteiger partial charge on any atom is 0.237 e. The third-order valence-corrected chi connectivity index (χ3v) is 4.41. The summed E-state index contributed by atoms with van der Waals surface area (Å²) < 4.78 is 0. The number of amides is 1. The van der Waals surface area contributed by atoms with Crippen molar-refractivity contribution in [2.45, 2.75) is 12.8 Å². The molecular formula is C22H18N6O. The Labute approximate surface area is 168 Å². The Morgan fingerprint density at radius 1 is 0.862 bits per heavy atom. The summed E-state index contributed by atoms with van der Waals surface area (Å²) in [7, 11) is 0. The molecule has 0 aromatic carbocycles. The molecule has 4 heterocycles. The lowest BCUT2D eigenvalue weighted by molar-refractivity contribution is -0.116. The molecule has 0 aliphatic carbocycles. The molecular weight excluding hydrogens is 364 g/mol. The van der Waals surface area contributed by atoms with Gasteiger partial charge in [0.05, 0.1) is 17.8 Å². The van der Waals surface area contributed by atoms with Crippen LogP contribution in [-0.4, -0.2) is 30.8 Å². The monoisotopic (exact) mass is 382 g/mol. The lowest BCUT2D eigenvalue weighted by atomic mass is 9.91. The zero-order valence-electron chi connectivity index (χ0n) is 15.7. The highest BCUT2D eigenvalue weighted by atomic mass is 16.1. The van der Waals surface area contributed by atoms with Gasteiger partial charge in [-0.3, -0.25) is 24.7 Å². The van der Waals surface area contributed by atoms with Crippen molar-refractivity contribution in [1.82, 2.24) is 24.9 Å². The number of carbonyl (C=O) groups is 1. The molecule has 0 aliphatic heterocycles. The van der Waals surface area contributed by atoms with E-state index in [0.29, 0.717) is 5.82 Å².